The van der Waals surface area contributed by atoms with E-state index >= 15 is 0 Å². The Hall–Kier alpha value is -2.09. The van der Waals surface area contributed by atoms with Gasteiger partial charge >= 0.3 is 5.97 Å². The lowest BCUT2D eigenvalue weighted by Gasteiger charge is -2.16. The molecule has 1 saturated carbocycles. The molecule has 21 heavy (non-hydrogen) atoms. The van der Waals surface area contributed by atoms with Crippen LogP contribution in [0.3, 0.4) is 0 Å². The van der Waals surface area contributed by atoms with Crippen LogP contribution in [-0.2, 0) is 4.79 Å². The van der Waals surface area contributed by atoms with Crippen molar-refractivity contribution < 1.29 is 9.53 Å². The van der Waals surface area contributed by atoms with Crippen molar-refractivity contribution in [3.05, 3.63) is 54.1 Å². The normalized spacial score (nSPS) is 26.4. The highest BCUT2D eigenvalue weighted by atomic mass is 16.5. The molecule has 0 spiro atoms. The quantitative estimate of drug-likeness (QED) is 0.466. The lowest BCUT2D eigenvalue weighted by Crippen LogP contribution is -2.23. The van der Waals surface area contributed by atoms with Crippen molar-refractivity contribution >= 4 is 16.7 Å². The Labute approximate surface area is 124 Å². The Morgan fingerprint density at radius 1 is 1.05 bits per heavy atom. The third-order valence-electron chi connectivity index (χ3n) is 4.77. The van der Waals surface area contributed by atoms with Gasteiger partial charge in [-0.3, -0.25) is 4.79 Å². The third-order valence-corrected chi connectivity index (χ3v) is 4.77. The molecule has 0 aromatic heterocycles. The molecule has 4 rings (SSSR count). The topological polar surface area (TPSA) is 26.3 Å². The lowest BCUT2D eigenvalue weighted by molar-refractivity contribution is -0.139. The standard InChI is InChI=1S/C19H18O2/c1-12-2-4-15-11-17(7-6-14(15)8-12)21-19(20)18-10-13-3-5-16(18)9-13/h2-8,11,13,16,18H,9-10H2,1H3. The summed E-state index contributed by atoms with van der Waals surface area (Å²) in [6.07, 6.45) is 6.50. The van der Waals surface area contributed by atoms with Gasteiger partial charge in [-0.05, 0) is 54.5 Å². The third kappa shape index (κ3) is 2.25. The van der Waals surface area contributed by atoms with Gasteiger partial charge in [0, 0.05) is 0 Å². The molecule has 0 amide bonds. The first-order chi connectivity index (χ1) is 10.2. The molecule has 3 unspecified atom stereocenters. The van der Waals surface area contributed by atoms with Crippen LogP contribution in [0.4, 0.5) is 0 Å². The van der Waals surface area contributed by atoms with Crippen molar-refractivity contribution in [3.63, 3.8) is 0 Å². The second-order valence-corrected chi connectivity index (χ2v) is 6.32. The minimum absolute atomic E-state index is 0.0497. The number of carbonyl (C=O) groups is 1. The van der Waals surface area contributed by atoms with Gasteiger partial charge < -0.3 is 4.74 Å². The summed E-state index contributed by atoms with van der Waals surface area (Å²) in [5.41, 5.74) is 1.24. The number of esters is 1. The molecule has 2 bridgehead atoms. The maximum Gasteiger partial charge on any atom is 0.314 e. The minimum Gasteiger partial charge on any atom is -0.426 e. The van der Waals surface area contributed by atoms with Gasteiger partial charge in [0.25, 0.3) is 0 Å². The van der Waals surface area contributed by atoms with Gasteiger partial charge in [-0.15, -0.1) is 0 Å². The van der Waals surface area contributed by atoms with Crippen LogP contribution in [0.2, 0.25) is 0 Å². The lowest BCUT2D eigenvalue weighted by atomic mass is 9.94. The largest absolute Gasteiger partial charge is 0.426 e. The maximum absolute atomic E-state index is 12.3. The molecule has 1 fully saturated rings. The van der Waals surface area contributed by atoms with Gasteiger partial charge in [0.1, 0.15) is 5.75 Å². The molecule has 106 valence electrons. The minimum atomic E-state index is -0.0710. The fraction of sp³-hybridized carbons (Fsp3) is 0.316. The van der Waals surface area contributed by atoms with Crippen molar-refractivity contribution in [2.24, 2.45) is 17.8 Å². The summed E-state index contributed by atoms with van der Waals surface area (Å²) >= 11 is 0. The molecule has 0 N–H and O–H groups in total. The van der Waals surface area contributed by atoms with E-state index in [0.29, 0.717) is 17.6 Å². The Morgan fingerprint density at radius 3 is 2.62 bits per heavy atom. The molecule has 3 atom stereocenters. The van der Waals surface area contributed by atoms with E-state index in [1.54, 1.807) is 0 Å². The summed E-state index contributed by atoms with van der Waals surface area (Å²) < 4.78 is 5.62. The molecule has 2 nitrogen and oxygen atoms in total. The molecule has 0 radical (unpaired) electrons. The highest BCUT2D eigenvalue weighted by Crippen LogP contribution is 2.44. The average Bonchev–Trinajstić information content (AvgIpc) is 3.10. The van der Waals surface area contributed by atoms with E-state index in [1.807, 2.05) is 18.2 Å². The number of aryl methyl sites for hydroxylation is 1. The summed E-state index contributed by atoms with van der Waals surface area (Å²) in [6.45, 7) is 2.08. The number of carbonyl (C=O) groups excluding carboxylic acids is 1. The van der Waals surface area contributed by atoms with E-state index in [9.17, 15) is 4.79 Å². The van der Waals surface area contributed by atoms with Gasteiger partial charge in [-0.2, -0.15) is 0 Å². The number of ether oxygens (including phenoxy) is 1. The zero-order valence-electron chi connectivity index (χ0n) is 12.1. The first kappa shape index (κ1) is 12.6. The summed E-state index contributed by atoms with van der Waals surface area (Å²) in [7, 11) is 0. The van der Waals surface area contributed by atoms with E-state index in [0.717, 1.165) is 18.2 Å². The highest BCUT2D eigenvalue weighted by molar-refractivity contribution is 5.85. The molecular weight excluding hydrogens is 260 g/mol. The molecule has 0 heterocycles. The predicted molar refractivity (Wildman–Crippen MR) is 83.2 cm³/mol. The molecule has 2 aliphatic rings. The Bertz CT molecular complexity index is 744. The molecule has 2 heteroatoms. The first-order valence-electron chi connectivity index (χ1n) is 7.59. The maximum atomic E-state index is 12.3. The van der Waals surface area contributed by atoms with E-state index in [1.165, 1.54) is 10.9 Å². The number of benzene rings is 2. The Kier molecular flexibility index (Phi) is 2.85. The molecule has 2 aliphatic carbocycles. The van der Waals surface area contributed by atoms with Gasteiger partial charge in [0.15, 0.2) is 0 Å². The number of rotatable bonds is 2. The predicted octanol–water partition coefficient (Wildman–Crippen LogP) is 4.27. The molecule has 2 aromatic carbocycles. The first-order valence-corrected chi connectivity index (χ1v) is 7.59. The summed E-state index contributed by atoms with van der Waals surface area (Å²) in [5, 5.41) is 2.29. The fourth-order valence-electron chi connectivity index (χ4n) is 3.65. The molecular formula is C19H18O2. The zero-order chi connectivity index (χ0) is 14.4. The molecule has 0 aliphatic heterocycles. The van der Waals surface area contributed by atoms with Crippen LogP contribution < -0.4 is 4.74 Å². The van der Waals surface area contributed by atoms with E-state index in [4.69, 9.17) is 4.74 Å². The number of hydrogen-bond acceptors (Lipinski definition) is 2. The second kappa shape index (κ2) is 4.73. The molecule has 2 aromatic rings. The number of hydrogen-bond donors (Lipinski definition) is 0. The summed E-state index contributed by atoms with van der Waals surface area (Å²) in [4.78, 5) is 12.3. The van der Waals surface area contributed by atoms with E-state index in [-0.39, 0.29) is 11.9 Å². The van der Waals surface area contributed by atoms with Crippen molar-refractivity contribution in [2.45, 2.75) is 19.8 Å². The summed E-state index contributed by atoms with van der Waals surface area (Å²) in [6, 6.07) is 12.2. The van der Waals surface area contributed by atoms with Crippen LogP contribution in [0, 0.1) is 24.7 Å². The van der Waals surface area contributed by atoms with Crippen LogP contribution in [0.5, 0.6) is 5.75 Å². The smallest absolute Gasteiger partial charge is 0.314 e. The summed E-state index contributed by atoms with van der Waals surface area (Å²) in [5.74, 6) is 1.62. The van der Waals surface area contributed by atoms with Crippen LogP contribution in [-0.4, -0.2) is 5.97 Å². The van der Waals surface area contributed by atoms with E-state index < -0.39 is 0 Å². The Morgan fingerprint density at radius 2 is 1.86 bits per heavy atom. The fourth-order valence-corrected chi connectivity index (χ4v) is 3.65. The van der Waals surface area contributed by atoms with Gasteiger partial charge in [0.2, 0.25) is 0 Å². The van der Waals surface area contributed by atoms with Crippen molar-refractivity contribution in [3.8, 4) is 5.75 Å². The van der Waals surface area contributed by atoms with E-state index in [2.05, 4.69) is 37.3 Å². The van der Waals surface area contributed by atoms with Crippen molar-refractivity contribution in [1.82, 2.24) is 0 Å². The van der Waals surface area contributed by atoms with Crippen LogP contribution in [0.1, 0.15) is 18.4 Å². The monoisotopic (exact) mass is 278 g/mol. The van der Waals surface area contributed by atoms with Crippen LogP contribution in [0.25, 0.3) is 10.8 Å². The SMILES string of the molecule is Cc1ccc2cc(OC(=O)C3CC4C=CC3C4)ccc2c1. The zero-order valence-corrected chi connectivity index (χ0v) is 12.1. The van der Waals surface area contributed by atoms with Gasteiger partial charge in [-0.1, -0.05) is 42.0 Å². The van der Waals surface area contributed by atoms with Crippen LogP contribution in [0.15, 0.2) is 48.6 Å². The van der Waals surface area contributed by atoms with Gasteiger partial charge in [-0.25, -0.2) is 0 Å². The van der Waals surface area contributed by atoms with Crippen molar-refractivity contribution in [2.75, 3.05) is 0 Å². The van der Waals surface area contributed by atoms with Gasteiger partial charge in [0.05, 0.1) is 5.92 Å². The van der Waals surface area contributed by atoms with Crippen molar-refractivity contribution in [1.29, 1.82) is 0 Å². The second-order valence-electron chi connectivity index (χ2n) is 6.32. The number of allylic oxidation sites excluding steroid dienone is 2. The number of fused-ring (bicyclic) bond motifs is 3. The van der Waals surface area contributed by atoms with Crippen LogP contribution >= 0.6 is 0 Å². The molecule has 0 saturated heterocycles. The Balaban J connectivity index is 1.55. The highest BCUT2D eigenvalue weighted by Gasteiger charge is 2.40. The average molecular weight is 278 g/mol.